The van der Waals surface area contributed by atoms with Crippen LogP contribution in [0, 0.1) is 0 Å². The fourth-order valence-electron chi connectivity index (χ4n) is 3.01. The van der Waals surface area contributed by atoms with Gasteiger partial charge in [0.1, 0.15) is 5.76 Å². The Morgan fingerprint density at radius 1 is 1.08 bits per heavy atom. The molecule has 0 unspecified atom stereocenters. The second-order valence-corrected chi connectivity index (χ2v) is 7.63. The molecule has 2 heterocycles. The highest BCUT2D eigenvalue weighted by Crippen LogP contribution is 2.33. The number of carbonyl (C=O) groups is 1. The average molecular weight is 364 g/mol. The Labute approximate surface area is 144 Å². The number of nitrogens with one attached hydrogen (secondary N) is 1. The molecule has 0 fully saturated rings. The van der Waals surface area contributed by atoms with Crippen LogP contribution < -0.4 is 14.2 Å². The van der Waals surface area contributed by atoms with E-state index in [1.807, 2.05) is 0 Å². The van der Waals surface area contributed by atoms with Crippen molar-refractivity contribution in [2.24, 2.45) is 0 Å². The van der Waals surface area contributed by atoms with Gasteiger partial charge < -0.3 is 14.0 Å². The van der Waals surface area contributed by atoms with E-state index in [0.717, 1.165) is 19.3 Å². The van der Waals surface area contributed by atoms with E-state index in [1.54, 1.807) is 0 Å². The molecule has 0 spiro atoms. The first-order valence-corrected chi connectivity index (χ1v) is 9.47. The van der Waals surface area contributed by atoms with Crippen LogP contribution in [0.4, 0.5) is 0 Å². The molecule has 1 aromatic carbocycles. The predicted octanol–water partition coefficient (Wildman–Crippen LogP) is 1.79. The summed E-state index contributed by atoms with van der Waals surface area (Å²) in [7, 11) is -4.06. The van der Waals surface area contributed by atoms with Crippen molar-refractivity contribution < 1.29 is 27.2 Å². The summed E-state index contributed by atoms with van der Waals surface area (Å²) in [6.45, 7) is 0.0380. The van der Waals surface area contributed by atoms with Gasteiger partial charge in [0, 0.05) is 18.1 Å². The minimum atomic E-state index is -4.06. The highest BCUT2D eigenvalue weighted by atomic mass is 32.2. The molecular weight excluding hydrogens is 348 g/mol. The Morgan fingerprint density at radius 2 is 1.88 bits per heavy atom. The topological polar surface area (TPSA) is 108 Å². The fraction of sp³-hybridized carbons (Fsp3) is 0.375. The number of ether oxygens (including phenoxy) is 2. The lowest BCUT2D eigenvalue weighted by atomic mass is 10.1. The van der Waals surface area contributed by atoms with Gasteiger partial charge in [-0.2, -0.15) is 0 Å². The molecule has 1 aromatic heterocycles. The minimum absolute atomic E-state index is 0.0380. The Morgan fingerprint density at radius 3 is 2.76 bits per heavy atom. The van der Waals surface area contributed by atoms with Crippen molar-refractivity contribution in [2.45, 2.75) is 37.0 Å². The number of carbonyl (C=O) groups excluding carboxylic acids is 1. The highest BCUT2D eigenvalue weighted by molar-refractivity contribution is 7.90. The van der Waals surface area contributed by atoms with Crippen molar-refractivity contribution in [3.63, 3.8) is 0 Å². The van der Waals surface area contributed by atoms with Crippen LogP contribution in [0.25, 0.3) is 0 Å². The molecular formula is C16H16N2O6S. The molecule has 2 aromatic rings. The number of amides is 1. The minimum Gasteiger partial charge on any atom is -0.454 e. The third-order valence-corrected chi connectivity index (χ3v) is 5.63. The number of nitrogens with zero attached hydrogens (tertiary/aromatic N) is 1. The molecule has 132 valence electrons. The van der Waals surface area contributed by atoms with Crippen LogP contribution in [-0.2, 0) is 22.9 Å². The van der Waals surface area contributed by atoms with Crippen molar-refractivity contribution in [1.82, 2.24) is 9.88 Å². The maximum atomic E-state index is 12.5. The lowest BCUT2D eigenvalue weighted by Gasteiger charge is -2.07. The van der Waals surface area contributed by atoms with Crippen LogP contribution in [0.15, 0.2) is 27.6 Å². The summed E-state index contributed by atoms with van der Waals surface area (Å²) in [5.41, 5.74) is 0.747. The molecule has 0 bridgehead atoms. The first kappa shape index (κ1) is 15.9. The van der Waals surface area contributed by atoms with Crippen molar-refractivity contribution in [1.29, 1.82) is 0 Å². The van der Waals surface area contributed by atoms with Gasteiger partial charge in [-0.05, 0) is 31.4 Å². The van der Waals surface area contributed by atoms with Gasteiger partial charge in [0.2, 0.25) is 6.79 Å². The summed E-state index contributed by atoms with van der Waals surface area (Å²) >= 11 is 0. The number of aromatic nitrogens is 1. The molecule has 1 N–H and O–H groups in total. The molecule has 0 atom stereocenters. The highest BCUT2D eigenvalue weighted by Gasteiger charge is 2.28. The molecule has 0 saturated carbocycles. The van der Waals surface area contributed by atoms with Gasteiger partial charge in [-0.1, -0.05) is 11.6 Å². The molecule has 25 heavy (non-hydrogen) atoms. The van der Waals surface area contributed by atoms with Crippen LogP contribution in [0.3, 0.4) is 0 Å². The van der Waals surface area contributed by atoms with Crippen LogP contribution in [0.2, 0.25) is 0 Å². The van der Waals surface area contributed by atoms with E-state index >= 15 is 0 Å². The first-order valence-electron chi connectivity index (χ1n) is 7.99. The summed E-state index contributed by atoms with van der Waals surface area (Å²) in [6.07, 6.45) is 4.30. The van der Waals surface area contributed by atoms with Crippen molar-refractivity contribution in [3.05, 3.63) is 35.2 Å². The molecule has 1 aliphatic heterocycles. The summed E-state index contributed by atoms with van der Waals surface area (Å²) in [6, 6.07) is 4.16. The predicted molar refractivity (Wildman–Crippen MR) is 85.0 cm³/mol. The van der Waals surface area contributed by atoms with Gasteiger partial charge in [-0.15, -0.1) is 0 Å². The molecule has 2 aliphatic rings. The number of benzene rings is 1. The Bertz CT molecular complexity index is 934. The van der Waals surface area contributed by atoms with Crippen molar-refractivity contribution >= 4 is 15.9 Å². The Kier molecular flexibility index (Phi) is 3.87. The third-order valence-electron chi connectivity index (χ3n) is 4.30. The van der Waals surface area contributed by atoms with Gasteiger partial charge in [0.05, 0.1) is 4.90 Å². The van der Waals surface area contributed by atoms with Gasteiger partial charge in [0.25, 0.3) is 15.9 Å². The maximum absolute atomic E-state index is 12.5. The molecule has 4 rings (SSSR count). The summed E-state index contributed by atoms with van der Waals surface area (Å²) in [4.78, 5) is 12.4. The largest absolute Gasteiger partial charge is 0.454 e. The summed E-state index contributed by atoms with van der Waals surface area (Å²) < 4.78 is 42.6. The second kappa shape index (κ2) is 6.07. The van der Waals surface area contributed by atoms with Crippen LogP contribution in [-0.4, -0.2) is 26.3 Å². The number of hydrogen-bond donors (Lipinski definition) is 1. The monoisotopic (exact) mass is 364 g/mol. The number of aryl methyl sites for hydroxylation is 1. The van der Waals surface area contributed by atoms with E-state index in [9.17, 15) is 13.2 Å². The lowest BCUT2D eigenvalue weighted by molar-refractivity contribution is 0.0971. The average Bonchev–Trinajstić information content (AvgIpc) is 3.15. The zero-order valence-electron chi connectivity index (χ0n) is 13.3. The molecule has 9 heteroatoms. The molecule has 8 nitrogen and oxygen atoms in total. The SMILES string of the molecule is O=C(NS(=O)(=O)c1ccc2c(c1)OCO2)c1noc2c1CCCCC2. The van der Waals surface area contributed by atoms with Gasteiger partial charge in [-0.25, -0.2) is 13.1 Å². The number of sulfonamides is 1. The van der Waals surface area contributed by atoms with E-state index < -0.39 is 15.9 Å². The smallest absolute Gasteiger partial charge is 0.287 e. The first-order chi connectivity index (χ1) is 12.0. The molecule has 0 saturated heterocycles. The van der Waals surface area contributed by atoms with E-state index in [2.05, 4.69) is 9.88 Å². The van der Waals surface area contributed by atoms with Crippen LogP contribution in [0.5, 0.6) is 11.5 Å². The van der Waals surface area contributed by atoms with Gasteiger partial charge >= 0.3 is 0 Å². The standard InChI is InChI=1S/C16H16N2O6S/c19-16(15-11-4-2-1-3-5-12(11)24-17-15)18-25(20,21)10-6-7-13-14(8-10)23-9-22-13/h6-8H,1-5,9H2,(H,18,19). The van der Waals surface area contributed by atoms with Crippen LogP contribution >= 0.6 is 0 Å². The van der Waals surface area contributed by atoms with E-state index in [1.165, 1.54) is 18.2 Å². The molecule has 1 amide bonds. The van der Waals surface area contributed by atoms with Gasteiger partial charge in [-0.3, -0.25) is 4.79 Å². The third kappa shape index (κ3) is 2.95. The summed E-state index contributed by atoms with van der Waals surface area (Å²) in [5.74, 6) is 0.672. The maximum Gasteiger partial charge on any atom is 0.287 e. The normalized spacial score (nSPS) is 16.2. The quantitative estimate of drug-likeness (QED) is 0.827. The summed E-state index contributed by atoms with van der Waals surface area (Å²) in [5, 5.41) is 3.78. The van der Waals surface area contributed by atoms with E-state index in [4.69, 9.17) is 14.0 Å². The van der Waals surface area contributed by atoms with Crippen molar-refractivity contribution in [2.75, 3.05) is 6.79 Å². The molecule has 1 aliphatic carbocycles. The number of hydrogen-bond acceptors (Lipinski definition) is 7. The number of fused-ring (bicyclic) bond motifs is 2. The zero-order chi connectivity index (χ0) is 17.4. The fourth-order valence-corrected chi connectivity index (χ4v) is 3.98. The van der Waals surface area contributed by atoms with E-state index in [-0.39, 0.29) is 17.4 Å². The second-order valence-electron chi connectivity index (χ2n) is 5.94. The van der Waals surface area contributed by atoms with Gasteiger partial charge in [0.15, 0.2) is 17.2 Å². The molecule has 0 radical (unpaired) electrons. The zero-order valence-corrected chi connectivity index (χ0v) is 14.1. The number of rotatable bonds is 3. The lowest BCUT2D eigenvalue weighted by Crippen LogP contribution is -2.31. The Balaban J connectivity index is 1.59. The van der Waals surface area contributed by atoms with E-state index in [0.29, 0.717) is 35.7 Å². The van der Waals surface area contributed by atoms with Crippen LogP contribution in [0.1, 0.15) is 41.1 Å². The Hall–Kier alpha value is -2.55. The van der Waals surface area contributed by atoms with Crippen molar-refractivity contribution in [3.8, 4) is 11.5 Å².